The van der Waals surface area contributed by atoms with Crippen LogP contribution in [0.1, 0.15) is 6.92 Å². The molecule has 0 amide bonds. The molecule has 3 aromatic rings. The van der Waals surface area contributed by atoms with Gasteiger partial charge in [-0.15, -0.1) is 0 Å². The van der Waals surface area contributed by atoms with Crippen LogP contribution in [0, 0.1) is 5.82 Å². The van der Waals surface area contributed by atoms with Crippen molar-refractivity contribution in [2.45, 2.75) is 17.2 Å². The van der Waals surface area contributed by atoms with Gasteiger partial charge in [0.05, 0.1) is 0 Å². The number of aryl methyl sites for hydroxylation is 1. The molecule has 140 valence electrons. The predicted octanol–water partition coefficient (Wildman–Crippen LogP) is 1.40. The van der Waals surface area contributed by atoms with Crippen LogP contribution in [0.2, 0.25) is 0 Å². The van der Waals surface area contributed by atoms with E-state index in [2.05, 4.69) is 9.97 Å². The highest BCUT2D eigenvalue weighted by molar-refractivity contribution is 8.00. The molecule has 0 aliphatic carbocycles. The van der Waals surface area contributed by atoms with Crippen molar-refractivity contribution >= 4 is 28.8 Å². The van der Waals surface area contributed by atoms with Crippen molar-refractivity contribution in [2.24, 2.45) is 14.1 Å². The van der Waals surface area contributed by atoms with Gasteiger partial charge >= 0.3 is 11.7 Å². The monoisotopic (exact) mass is 390 g/mol. The predicted molar refractivity (Wildman–Crippen MR) is 98.4 cm³/mol. The zero-order valence-electron chi connectivity index (χ0n) is 14.6. The molecule has 0 saturated carbocycles. The Labute approximate surface area is 156 Å². The molecule has 0 radical (unpaired) electrons. The fourth-order valence-corrected chi connectivity index (χ4v) is 3.36. The van der Waals surface area contributed by atoms with E-state index in [1.807, 2.05) is 0 Å². The second kappa shape index (κ2) is 6.95. The number of hydrogen-bond acceptors (Lipinski definition) is 6. The number of carbonyl (C=O) groups is 1. The summed E-state index contributed by atoms with van der Waals surface area (Å²) in [6.45, 7) is 1.45. The van der Waals surface area contributed by atoms with E-state index in [4.69, 9.17) is 0 Å². The Morgan fingerprint density at radius 2 is 1.93 bits per heavy atom. The normalized spacial score (nSPS) is 12.3. The van der Waals surface area contributed by atoms with Gasteiger partial charge in [0.2, 0.25) is 0 Å². The summed E-state index contributed by atoms with van der Waals surface area (Å²) < 4.78 is 15.7. The molecular weight excluding hydrogens is 375 g/mol. The maximum absolute atomic E-state index is 13.6. The first-order chi connectivity index (χ1) is 12.7. The first-order valence-electron chi connectivity index (χ1n) is 7.84. The average molecular weight is 390 g/mol. The minimum Gasteiger partial charge on any atom is -0.480 e. The molecule has 0 bridgehead atoms. The van der Waals surface area contributed by atoms with Gasteiger partial charge in [0.15, 0.2) is 11.5 Å². The number of aromatic nitrogens is 4. The number of benzene rings is 1. The molecule has 1 unspecified atom stereocenters. The van der Waals surface area contributed by atoms with E-state index >= 15 is 0 Å². The summed E-state index contributed by atoms with van der Waals surface area (Å²) in [5, 5.41) is 8.47. The summed E-state index contributed by atoms with van der Waals surface area (Å²) in [5.41, 5.74) is -0.815. The van der Waals surface area contributed by atoms with E-state index in [9.17, 15) is 23.9 Å². The highest BCUT2D eigenvalue weighted by Crippen LogP contribution is 2.29. The quantitative estimate of drug-likeness (QED) is 0.530. The molecule has 27 heavy (non-hydrogen) atoms. The van der Waals surface area contributed by atoms with Gasteiger partial charge < -0.3 is 5.11 Å². The second-order valence-electron chi connectivity index (χ2n) is 5.87. The fourth-order valence-electron chi connectivity index (χ4n) is 2.49. The molecule has 0 saturated heterocycles. The van der Waals surface area contributed by atoms with Crippen LogP contribution >= 0.6 is 11.8 Å². The Bertz CT molecular complexity index is 1190. The summed E-state index contributed by atoms with van der Waals surface area (Å²) in [6, 6.07) is 5.54. The first kappa shape index (κ1) is 18.8. The van der Waals surface area contributed by atoms with Crippen LogP contribution in [0.4, 0.5) is 4.39 Å². The summed E-state index contributed by atoms with van der Waals surface area (Å²) in [7, 11) is 2.77. The Kier molecular flexibility index (Phi) is 4.83. The molecule has 2 aromatic heterocycles. The third-order valence-electron chi connectivity index (χ3n) is 3.99. The topological polar surface area (TPSA) is 107 Å². The van der Waals surface area contributed by atoms with E-state index in [1.165, 1.54) is 43.8 Å². The van der Waals surface area contributed by atoms with E-state index in [1.54, 1.807) is 6.07 Å². The van der Waals surface area contributed by atoms with E-state index in [-0.39, 0.29) is 21.9 Å². The summed E-state index contributed by atoms with van der Waals surface area (Å²) >= 11 is 0.859. The highest BCUT2D eigenvalue weighted by Gasteiger charge is 2.22. The van der Waals surface area contributed by atoms with Crippen LogP contribution < -0.4 is 11.2 Å². The third kappa shape index (κ3) is 3.35. The molecule has 1 N–H and O–H groups in total. The molecule has 10 heteroatoms. The highest BCUT2D eigenvalue weighted by atomic mass is 32.2. The number of carboxylic acid groups (broad SMARTS) is 1. The van der Waals surface area contributed by atoms with Crippen LogP contribution in [-0.4, -0.2) is 35.4 Å². The van der Waals surface area contributed by atoms with E-state index in [0.29, 0.717) is 5.56 Å². The van der Waals surface area contributed by atoms with Crippen LogP contribution in [0.3, 0.4) is 0 Å². The molecule has 3 rings (SSSR count). The SMILES string of the molecule is CC(Sc1nc(-c2cccc(F)c2)nc2c1c(=O)n(C)c(=O)n2C)C(=O)O. The van der Waals surface area contributed by atoms with Crippen molar-refractivity contribution in [3.8, 4) is 11.4 Å². The number of hydrogen-bond donors (Lipinski definition) is 1. The number of thioether (sulfide) groups is 1. The van der Waals surface area contributed by atoms with Gasteiger partial charge in [-0.1, -0.05) is 23.9 Å². The standard InChI is InChI=1S/C17H15FN4O4S/c1-8(16(24)25)27-14-11-13(21(2)17(26)22(3)15(11)23)19-12(20-14)9-5-4-6-10(18)7-9/h4-8H,1-3H3,(H,24,25). The lowest BCUT2D eigenvalue weighted by atomic mass is 10.2. The van der Waals surface area contributed by atoms with Crippen LogP contribution in [0.15, 0.2) is 38.9 Å². The van der Waals surface area contributed by atoms with Crippen molar-refractivity contribution in [1.29, 1.82) is 0 Å². The number of aliphatic carboxylic acids is 1. The minimum absolute atomic E-state index is 0.0397. The van der Waals surface area contributed by atoms with Gasteiger partial charge in [-0.25, -0.2) is 19.2 Å². The van der Waals surface area contributed by atoms with Crippen LogP contribution in [-0.2, 0) is 18.9 Å². The summed E-state index contributed by atoms with van der Waals surface area (Å²) in [6.07, 6.45) is 0. The number of nitrogens with zero attached hydrogens (tertiary/aromatic N) is 4. The van der Waals surface area contributed by atoms with Crippen molar-refractivity contribution in [3.05, 3.63) is 50.9 Å². The van der Waals surface area contributed by atoms with Crippen molar-refractivity contribution < 1.29 is 14.3 Å². The molecule has 2 heterocycles. The molecule has 1 aromatic carbocycles. The fraction of sp³-hybridized carbons (Fsp3) is 0.235. The van der Waals surface area contributed by atoms with Crippen molar-refractivity contribution in [3.63, 3.8) is 0 Å². The zero-order valence-corrected chi connectivity index (χ0v) is 15.5. The first-order valence-corrected chi connectivity index (χ1v) is 8.72. The van der Waals surface area contributed by atoms with Gasteiger partial charge in [0.25, 0.3) is 5.56 Å². The molecule has 0 aliphatic heterocycles. The van der Waals surface area contributed by atoms with Gasteiger partial charge in [-0.2, -0.15) is 0 Å². The number of halogens is 1. The zero-order chi connectivity index (χ0) is 19.9. The largest absolute Gasteiger partial charge is 0.480 e. The molecule has 0 spiro atoms. The van der Waals surface area contributed by atoms with Crippen LogP contribution in [0.5, 0.6) is 0 Å². The molecule has 8 nitrogen and oxygen atoms in total. The Balaban J connectivity index is 2.40. The lowest BCUT2D eigenvalue weighted by Crippen LogP contribution is -2.37. The lowest BCUT2D eigenvalue weighted by Gasteiger charge is -2.13. The average Bonchev–Trinajstić information content (AvgIpc) is 2.63. The summed E-state index contributed by atoms with van der Waals surface area (Å²) in [4.78, 5) is 44.7. The van der Waals surface area contributed by atoms with E-state index in [0.717, 1.165) is 16.3 Å². The maximum atomic E-state index is 13.6. The smallest absolute Gasteiger partial charge is 0.332 e. The number of carboxylic acids is 1. The van der Waals surface area contributed by atoms with Gasteiger partial charge in [0, 0.05) is 19.7 Å². The summed E-state index contributed by atoms with van der Waals surface area (Å²) in [5.74, 6) is -1.49. The number of fused-ring (bicyclic) bond motifs is 1. The van der Waals surface area contributed by atoms with E-state index < -0.39 is 28.3 Å². The van der Waals surface area contributed by atoms with Gasteiger partial charge in [0.1, 0.15) is 21.5 Å². The number of rotatable bonds is 4. The van der Waals surface area contributed by atoms with Crippen LogP contribution in [0.25, 0.3) is 22.4 Å². The molecule has 0 aliphatic rings. The Hall–Kier alpha value is -3.01. The van der Waals surface area contributed by atoms with Gasteiger partial charge in [-0.3, -0.25) is 18.7 Å². The molecule has 1 atom stereocenters. The van der Waals surface area contributed by atoms with Crippen molar-refractivity contribution in [1.82, 2.24) is 19.1 Å². The second-order valence-corrected chi connectivity index (χ2v) is 7.19. The van der Waals surface area contributed by atoms with Crippen molar-refractivity contribution in [2.75, 3.05) is 0 Å². The molecule has 0 fully saturated rings. The Morgan fingerprint density at radius 1 is 1.22 bits per heavy atom. The lowest BCUT2D eigenvalue weighted by molar-refractivity contribution is -0.136. The molecular formula is C17H15FN4O4S. The van der Waals surface area contributed by atoms with Gasteiger partial charge in [-0.05, 0) is 19.1 Å². The Morgan fingerprint density at radius 3 is 2.56 bits per heavy atom. The third-order valence-corrected chi connectivity index (χ3v) is 5.06. The maximum Gasteiger partial charge on any atom is 0.332 e. The minimum atomic E-state index is -1.08.